The predicted octanol–water partition coefficient (Wildman–Crippen LogP) is 4.85. The molecular weight excluding hydrogens is 420 g/mol. The number of methoxy groups -OCH3 is 1. The van der Waals surface area contributed by atoms with Gasteiger partial charge in [0.05, 0.1) is 17.5 Å². The first-order valence-electron chi connectivity index (χ1n) is 9.07. The van der Waals surface area contributed by atoms with Gasteiger partial charge in [-0.15, -0.1) is 22.7 Å². The zero-order valence-electron chi connectivity index (χ0n) is 15.9. The Hall–Kier alpha value is -3.43. The minimum absolute atomic E-state index is 0.189. The van der Waals surface area contributed by atoms with Gasteiger partial charge in [0.2, 0.25) is 0 Å². The van der Waals surface area contributed by atoms with Crippen LogP contribution in [0, 0.1) is 0 Å². The van der Waals surface area contributed by atoms with Gasteiger partial charge in [0.25, 0.3) is 5.91 Å². The quantitative estimate of drug-likeness (QED) is 0.412. The second kappa shape index (κ2) is 7.77. The Morgan fingerprint density at radius 2 is 2.17 bits per heavy atom. The van der Waals surface area contributed by atoms with Crippen LogP contribution in [0.15, 0.2) is 60.4 Å². The Morgan fingerprint density at radius 3 is 3.00 bits per heavy atom. The average molecular weight is 437 g/mol. The molecule has 0 aliphatic heterocycles. The second-order valence-corrected chi connectivity index (χ2v) is 8.34. The molecule has 5 aromatic rings. The number of carbonyl (C=O) groups is 1. The number of hydrogen-bond donors (Lipinski definition) is 1. The van der Waals surface area contributed by atoms with Crippen LogP contribution in [0.25, 0.3) is 15.3 Å². The van der Waals surface area contributed by atoms with Crippen molar-refractivity contribution >= 4 is 49.6 Å². The van der Waals surface area contributed by atoms with E-state index in [-0.39, 0.29) is 5.91 Å². The number of pyridine rings is 1. The fraction of sp³-hybridized carbons (Fsp3) is 0.0952. The molecule has 0 aliphatic carbocycles. The van der Waals surface area contributed by atoms with Gasteiger partial charge in [-0.3, -0.25) is 14.2 Å². The van der Waals surface area contributed by atoms with Crippen molar-refractivity contribution in [1.29, 1.82) is 0 Å². The third kappa shape index (κ3) is 3.49. The molecule has 9 heteroatoms. The zero-order chi connectivity index (χ0) is 20.5. The van der Waals surface area contributed by atoms with E-state index in [1.54, 1.807) is 49.0 Å². The highest BCUT2D eigenvalue weighted by atomic mass is 32.1. The largest absolute Gasteiger partial charge is 0.493 e. The molecule has 0 fully saturated rings. The van der Waals surface area contributed by atoms with Gasteiger partial charge in [-0.2, -0.15) is 0 Å². The number of amides is 1. The Balaban J connectivity index is 1.35. The number of thiophene rings is 1. The first-order valence-corrected chi connectivity index (χ1v) is 10.8. The Kier molecular flexibility index (Phi) is 4.82. The van der Waals surface area contributed by atoms with Gasteiger partial charge in [0.15, 0.2) is 16.5 Å². The van der Waals surface area contributed by atoms with E-state index in [0.29, 0.717) is 28.7 Å². The number of nitrogens with zero attached hydrogens (tertiary/aromatic N) is 3. The number of aromatic nitrogens is 3. The van der Waals surface area contributed by atoms with Crippen molar-refractivity contribution in [3.63, 3.8) is 0 Å². The van der Waals surface area contributed by atoms with Crippen molar-refractivity contribution in [1.82, 2.24) is 14.4 Å². The van der Waals surface area contributed by atoms with Crippen LogP contribution in [0.5, 0.6) is 11.5 Å². The molecule has 0 radical (unpaired) electrons. The summed E-state index contributed by atoms with van der Waals surface area (Å²) in [6, 6.07) is 11.0. The summed E-state index contributed by atoms with van der Waals surface area (Å²) in [6.45, 7) is 0.348. The summed E-state index contributed by atoms with van der Waals surface area (Å²) in [6.07, 6.45) is 5.42. The summed E-state index contributed by atoms with van der Waals surface area (Å²) >= 11 is 2.95. The van der Waals surface area contributed by atoms with Crippen molar-refractivity contribution < 1.29 is 14.3 Å². The van der Waals surface area contributed by atoms with Crippen LogP contribution >= 0.6 is 22.7 Å². The fourth-order valence-corrected chi connectivity index (χ4v) is 4.76. The third-order valence-electron chi connectivity index (χ3n) is 4.50. The number of hydrogen-bond acceptors (Lipinski definition) is 7. The lowest BCUT2D eigenvalue weighted by Crippen LogP contribution is -2.10. The zero-order valence-corrected chi connectivity index (χ0v) is 17.5. The number of rotatable bonds is 6. The van der Waals surface area contributed by atoms with Crippen molar-refractivity contribution in [2.24, 2.45) is 0 Å². The van der Waals surface area contributed by atoms with E-state index in [1.165, 1.54) is 11.3 Å². The molecule has 4 aromatic heterocycles. The minimum atomic E-state index is -0.189. The number of fused-ring (bicyclic) bond motifs is 3. The molecule has 0 saturated heterocycles. The van der Waals surface area contributed by atoms with E-state index in [9.17, 15) is 4.79 Å². The molecule has 30 heavy (non-hydrogen) atoms. The summed E-state index contributed by atoms with van der Waals surface area (Å²) in [4.78, 5) is 23.8. The summed E-state index contributed by atoms with van der Waals surface area (Å²) in [7, 11) is 1.58. The smallest absolute Gasteiger partial charge is 0.265 e. The lowest BCUT2D eigenvalue weighted by molar-refractivity contribution is 0.103. The van der Waals surface area contributed by atoms with Crippen molar-refractivity contribution in [3.05, 3.63) is 70.8 Å². The van der Waals surface area contributed by atoms with Gasteiger partial charge in [-0.05, 0) is 24.3 Å². The molecule has 150 valence electrons. The van der Waals surface area contributed by atoms with Crippen molar-refractivity contribution in [2.45, 2.75) is 6.61 Å². The highest BCUT2D eigenvalue weighted by Gasteiger charge is 2.16. The monoisotopic (exact) mass is 436 g/mol. The van der Waals surface area contributed by atoms with Crippen LogP contribution in [0.1, 0.15) is 15.2 Å². The second-order valence-electron chi connectivity index (χ2n) is 6.44. The van der Waals surface area contributed by atoms with Crippen LogP contribution in [0.4, 0.5) is 5.69 Å². The first-order chi connectivity index (χ1) is 14.7. The number of nitrogens with one attached hydrogen (secondary N) is 1. The van der Waals surface area contributed by atoms with Crippen molar-refractivity contribution in [3.8, 4) is 11.5 Å². The number of benzene rings is 1. The molecule has 4 heterocycles. The molecular formula is C21H16N4O3S2. The highest BCUT2D eigenvalue weighted by molar-refractivity contribution is 7.21. The third-order valence-corrected chi connectivity index (χ3v) is 6.28. The number of anilines is 1. The molecule has 1 N–H and O–H groups in total. The van der Waals surface area contributed by atoms with E-state index in [0.717, 1.165) is 20.9 Å². The number of ether oxygens (including phenoxy) is 2. The standard InChI is InChI=1S/C21H16N4O3S2/c1-27-16-5-4-14(9-17(16)28-12-13-3-2-6-22-11-13)23-19(26)18-10-15-20(30-18)24-21-25(15)7-8-29-21/h2-11H,12H2,1H3,(H,23,26). The van der Waals surface area contributed by atoms with E-state index < -0.39 is 0 Å². The Labute approximate surface area is 179 Å². The molecule has 0 unspecified atom stereocenters. The van der Waals surface area contributed by atoms with Crippen LogP contribution in [0.3, 0.4) is 0 Å². The Morgan fingerprint density at radius 1 is 1.23 bits per heavy atom. The number of carbonyl (C=O) groups excluding carboxylic acids is 1. The molecule has 0 saturated carbocycles. The summed E-state index contributed by atoms with van der Waals surface area (Å²) in [5.74, 6) is 0.943. The normalized spacial score (nSPS) is 11.1. The maximum Gasteiger partial charge on any atom is 0.265 e. The highest BCUT2D eigenvalue weighted by Crippen LogP contribution is 2.32. The summed E-state index contributed by atoms with van der Waals surface area (Å²) in [5, 5.41) is 4.91. The maximum absolute atomic E-state index is 12.8. The van der Waals surface area contributed by atoms with E-state index in [1.807, 2.05) is 34.2 Å². The lowest BCUT2D eigenvalue weighted by Gasteiger charge is -2.13. The summed E-state index contributed by atoms with van der Waals surface area (Å²) < 4.78 is 13.3. The Bertz CT molecular complexity index is 1340. The fourth-order valence-electron chi connectivity index (χ4n) is 3.06. The van der Waals surface area contributed by atoms with Crippen LogP contribution in [-0.4, -0.2) is 27.4 Å². The van der Waals surface area contributed by atoms with Gasteiger partial charge in [-0.1, -0.05) is 6.07 Å². The van der Waals surface area contributed by atoms with E-state index in [4.69, 9.17) is 9.47 Å². The minimum Gasteiger partial charge on any atom is -0.493 e. The molecule has 7 nitrogen and oxygen atoms in total. The summed E-state index contributed by atoms with van der Waals surface area (Å²) in [5.41, 5.74) is 2.50. The van der Waals surface area contributed by atoms with Crippen LogP contribution in [0.2, 0.25) is 0 Å². The van der Waals surface area contributed by atoms with Gasteiger partial charge < -0.3 is 14.8 Å². The van der Waals surface area contributed by atoms with Gasteiger partial charge in [0.1, 0.15) is 11.4 Å². The topological polar surface area (TPSA) is 77.8 Å². The SMILES string of the molecule is COc1ccc(NC(=O)c2cc3c(nc4sccn43)s2)cc1OCc1cccnc1. The molecule has 0 bridgehead atoms. The molecule has 5 rings (SSSR count). The van der Waals surface area contributed by atoms with Gasteiger partial charge in [-0.25, -0.2) is 4.98 Å². The molecule has 0 atom stereocenters. The van der Waals surface area contributed by atoms with E-state index in [2.05, 4.69) is 15.3 Å². The van der Waals surface area contributed by atoms with Gasteiger partial charge >= 0.3 is 0 Å². The maximum atomic E-state index is 12.8. The molecule has 0 aliphatic rings. The molecule has 1 aromatic carbocycles. The number of thiazole rings is 1. The average Bonchev–Trinajstić information content (AvgIpc) is 3.46. The first kappa shape index (κ1) is 18.6. The molecule has 1 amide bonds. The molecule has 0 spiro atoms. The van der Waals surface area contributed by atoms with E-state index >= 15 is 0 Å². The predicted molar refractivity (Wildman–Crippen MR) is 118 cm³/mol. The van der Waals surface area contributed by atoms with Crippen molar-refractivity contribution in [2.75, 3.05) is 12.4 Å². The van der Waals surface area contributed by atoms with Crippen LogP contribution < -0.4 is 14.8 Å². The van der Waals surface area contributed by atoms with Crippen LogP contribution in [-0.2, 0) is 6.61 Å². The van der Waals surface area contributed by atoms with Gasteiger partial charge in [0, 0.05) is 41.3 Å². The number of imidazole rings is 1. The lowest BCUT2D eigenvalue weighted by atomic mass is 10.2.